The second-order valence-corrected chi connectivity index (χ2v) is 1.68. The maximum absolute atomic E-state index is 2.28. The lowest BCUT2D eigenvalue weighted by Crippen LogP contribution is -1.77. The Balaban J connectivity index is 2.17. The lowest BCUT2D eigenvalue weighted by atomic mass is 9.49. The summed E-state index contributed by atoms with van der Waals surface area (Å²) in [6.45, 7) is 1.08. The fraction of sp³-hybridized carbons (Fsp3) is 1.00. The molecule has 1 heterocycles. The van der Waals surface area contributed by atoms with Crippen LogP contribution < -0.4 is 0 Å². The van der Waals surface area contributed by atoms with Gasteiger partial charge in [0.05, 0.1) is 14.3 Å². The van der Waals surface area contributed by atoms with Gasteiger partial charge in [0.2, 0.25) is 0 Å². The van der Waals surface area contributed by atoms with Crippen molar-refractivity contribution >= 4 is 14.3 Å². The van der Waals surface area contributed by atoms with E-state index in [0.717, 1.165) is 6.60 Å². The smallest absolute Gasteiger partial charge is 0.0880 e. The van der Waals surface area contributed by atoms with E-state index in [0.29, 0.717) is 0 Å². The highest BCUT2D eigenvalue weighted by Crippen LogP contribution is 2.15. The molecule has 0 N–H and O–H groups in total. The first kappa shape index (κ1) is 2.37. The van der Waals surface area contributed by atoms with Crippen molar-refractivity contribution in [3.8, 4) is 0 Å². The van der Waals surface area contributed by atoms with E-state index in [1.165, 1.54) is 12.6 Å². The Morgan fingerprint density at radius 1 is 1.50 bits per heavy atom. The van der Waals surface area contributed by atoms with E-state index >= 15 is 0 Å². The zero-order valence-electron chi connectivity index (χ0n) is 2.99. The SMILES string of the molecule is BB1CC1. The normalized spacial score (nSPS) is 21.5. The number of hydrogen-bond acceptors (Lipinski definition) is 0. The maximum Gasteiger partial charge on any atom is 0.0985 e. The van der Waals surface area contributed by atoms with Crippen LogP contribution in [0.4, 0.5) is 0 Å². The Morgan fingerprint density at radius 3 is 1.75 bits per heavy atom. The van der Waals surface area contributed by atoms with Gasteiger partial charge >= 0.3 is 0 Å². The third kappa shape index (κ3) is 0.278. The Bertz CT molecular complexity index is 23.2. The standard InChI is InChI=1S/C2H6B2/c3-4-1-2-4/h1-3H2. The molecule has 0 aromatic carbocycles. The van der Waals surface area contributed by atoms with Crippen LogP contribution in [0.1, 0.15) is 0 Å². The molecule has 0 aliphatic carbocycles. The lowest BCUT2D eigenvalue weighted by Gasteiger charge is -1.42. The zero-order valence-corrected chi connectivity index (χ0v) is 2.99. The summed E-state index contributed by atoms with van der Waals surface area (Å²) in [5, 5.41) is 0. The molecule has 0 aromatic rings. The molecule has 1 saturated heterocycles. The van der Waals surface area contributed by atoms with Gasteiger partial charge in [-0.25, -0.2) is 0 Å². The molecule has 2 heteroatoms. The molecule has 1 aliphatic heterocycles. The van der Waals surface area contributed by atoms with Crippen molar-refractivity contribution in [3.63, 3.8) is 0 Å². The fourth-order valence-corrected chi connectivity index (χ4v) is 0.167. The third-order valence-corrected chi connectivity index (χ3v) is 0.866. The monoisotopic (exact) mass is 52.1 g/mol. The molecule has 1 aliphatic rings. The van der Waals surface area contributed by atoms with Crippen molar-refractivity contribution in [1.82, 2.24) is 0 Å². The minimum absolute atomic E-state index is 1.08. The van der Waals surface area contributed by atoms with Gasteiger partial charge in [0.1, 0.15) is 0 Å². The summed E-state index contributed by atoms with van der Waals surface area (Å²) in [5.41, 5.74) is 0. The van der Waals surface area contributed by atoms with E-state index in [1.807, 2.05) is 0 Å². The van der Waals surface area contributed by atoms with Gasteiger partial charge in [-0.2, -0.15) is 0 Å². The van der Waals surface area contributed by atoms with E-state index in [-0.39, 0.29) is 0 Å². The van der Waals surface area contributed by atoms with Crippen LogP contribution in [0.5, 0.6) is 0 Å². The van der Waals surface area contributed by atoms with Crippen LogP contribution in [-0.4, -0.2) is 14.3 Å². The van der Waals surface area contributed by atoms with E-state index in [4.69, 9.17) is 0 Å². The van der Waals surface area contributed by atoms with Gasteiger partial charge in [-0.05, 0) is 0 Å². The van der Waals surface area contributed by atoms with E-state index < -0.39 is 0 Å². The third-order valence-electron chi connectivity index (χ3n) is 0.866. The molecule has 0 bridgehead atoms. The summed E-state index contributed by atoms with van der Waals surface area (Å²) in [5.74, 6) is 0. The van der Waals surface area contributed by atoms with Crippen LogP contribution in [0, 0.1) is 0 Å². The highest BCUT2D eigenvalue weighted by Gasteiger charge is 2.17. The summed E-state index contributed by atoms with van der Waals surface area (Å²) in [7, 11) is 2.28. The number of hydrogen-bond donors (Lipinski definition) is 0. The Hall–Kier alpha value is 0.130. The van der Waals surface area contributed by atoms with Crippen molar-refractivity contribution in [2.24, 2.45) is 0 Å². The van der Waals surface area contributed by atoms with Gasteiger partial charge in [0.15, 0.2) is 0 Å². The average Bonchev–Trinajstić information content (AvgIpc) is 1.75. The first-order valence-electron chi connectivity index (χ1n) is 1.89. The molecular formula is C2H6B2. The van der Waals surface area contributed by atoms with Gasteiger partial charge in [-0.15, -0.1) is 0 Å². The van der Waals surface area contributed by atoms with Gasteiger partial charge in [-0.3, -0.25) is 0 Å². The van der Waals surface area contributed by atoms with Gasteiger partial charge in [-0.1, -0.05) is 12.6 Å². The molecule has 0 saturated carbocycles. The van der Waals surface area contributed by atoms with Crippen LogP contribution in [0.2, 0.25) is 12.6 Å². The summed E-state index contributed by atoms with van der Waals surface area (Å²) < 4.78 is 0. The van der Waals surface area contributed by atoms with Gasteiger partial charge in [0, 0.05) is 0 Å². The zero-order chi connectivity index (χ0) is 2.99. The van der Waals surface area contributed by atoms with Gasteiger partial charge < -0.3 is 0 Å². The van der Waals surface area contributed by atoms with Crippen molar-refractivity contribution < 1.29 is 0 Å². The first-order chi connectivity index (χ1) is 1.89. The Morgan fingerprint density at radius 2 is 1.75 bits per heavy atom. The summed E-state index contributed by atoms with van der Waals surface area (Å²) in [4.78, 5) is 0. The lowest BCUT2D eigenvalue weighted by molar-refractivity contribution is 1.69. The maximum atomic E-state index is 2.28. The largest absolute Gasteiger partial charge is 0.0985 e. The number of rotatable bonds is 0. The minimum atomic E-state index is 1.08. The Kier molecular flexibility index (Phi) is 0.320. The van der Waals surface area contributed by atoms with Crippen LogP contribution in [0.15, 0.2) is 0 Å². The van der Waals surface area contributed by atoms with E-state index in [1.54, 1.807) is 0 Å². The van der Waals surface area contributed by atoms with Crippen molar-refractivity contribution in [2.75, 3.05) is 0 Å². The minimum Gasteiger partial charge on any atom is -0.0880 e. The Labute approximate surface area is 28.1 Å². The molecular weight excluding hydrogens is 45.6 g/mol. The molecule has 1 fully saturated rings. The topological polar surface area (TPSA) is 0 Å². The predicted molar refractivity (Wildman–Crippen MR) is 23.9 cm³/mol. The molecule has 1 rings (SSSR count). The summed E-state index contributed by atoms with van der Waals surface area (Å²) >= 11 is 0. The van der Waals surface area contributed by atoms with Crippen molar-refractivity contribution in [1.29, 1.82) is 0 Å². The van der Waals surface area contributed by atoms with E-state index in [9.17, 15) is 0 Å². The summed E-state index contributed by atoms with van der Waals surface area (Å²) in [6, 6.07) is 0. The predicted octanol–water partition coefficient (Wildman–Crippen LogP) is -0.375. The molecule has 0 spiro atoms. The highest BCUT2D eigenvalue weighted by molar-refractivity contribution is 7.09. The van der Waals surface area contributed by atoms with Crippen LogP contribution >= 0.6 is 0 Å². The van der Waals surface area contributed by atoms with E-state index in [2.05, 4.69) is 7.74 Å². The molecule has 0 atom stereocenters. The second-order valence-electron chi connectivity index (χ2n) is 1.68. The average molecular weight is 51.7 g/mol. The molecule has 4 heavy (non-hydrogen) atoms. The molecule has 0 radical (unpaired) electrons. The second kappa shape index (κ2) is 0.540. The van der Waals surface area contributed by atoms with Gasteiger partial charge in [0.25, 0.3) is 0 Å². The molecule has 20 valence electrons. The van der Waals surface area contributed by atoms with Crippen LogP contribution in [-0.2, 0) is 0 Å². The molecule has 0 nitrogen and oxygen atoms in total. The highest BCUT2D eigenvalue weighted by atomic mass is 13.8. The molecule has 0 unspecified atom stereocenters. The molecule has 0 amide bonds. The fourth-order valence-electron chi connectivity index (χ4n) is 0.167. The van der Waals surface area contributed by atoms with Crippen LogP contribution in [0.25, 0.3) is 0 Å². The molecule has 0 aromatic heterocycles. The van der Waals surface area contributed by atoms with Crippen molar-refractivity contribution in [3.05, 3.63) is 0 Å². The quantitative estimate of drug-likeness (QED) is 0.329. The van der Waals surface area contributed by atoms with Crippen LogP contribution in [0.3, 0.4) is 0 Å². The first-order valence-corrected chi connectivity index (χ1v) is 1.89. The summed E-state index contributed by atoms with van der Waals surface area (Å²) in [6.07, 6.45) is 2.97. The van der Waals surface area contributed by atoms with Crippen molar-refractivity contribution in [2.45, 2.75) is 12.6 Å².